The lowest BCUT2D eigenvalue weighted by Gasteiger charge is -2.11. The molecule has 0 aromatic heterocycles. The van der Waals surface area contributed by atoms with E-state index in [2.05, 4.69) is 15.9 Å². The zero-order chi connectivity index (χ0) is 9.19. The predicted octanol–water partition coefficient (Wildman–Crippen LogP) is 4.36. The fraction of sp³-hybridized carbons (Fsp3) is 0.250. The first-order chi connectivity index (χ1) is 5.49. The third-order valence-electron chi connectivity index (χ3n) is 1.35. The number of hydrogen-bond acceptors (Lipinski definition) is 0. The average molecular weight is 288 g/mol. The second-order valence-corrected chi connectivity index (χ2v) is 5.75. The van der Waals surface area contributed by atoms with Gasteiger partial charge in [-0.2, -0.15) is 0 Å². The van der Waals surface area contributed by atoms with E-state index in [1.54, 1.807) is 0 Å². The molecule has 0 saturated heterocycles. The molecule has 0 amide bonds. The van der Waals surface area contributed by atoms with E-state index >= 15 is 0 Å². The van der Waals surface area contributed by atoms with Crippen LogP contribution in [0.3, 0.4) is 0 Å². The van der Waals surface area contributed by atoms with Crippen LogP contribution in [0.1, 0.15) is 5.56 Å². The van der Waals surface area contributed by atoms with Gasteiger partial charge in [0.15, 0.2) is 3.79 Å². The molecule has 0 atom stereocenters. The molecule has 0 unspecified atom stereocenters. The Kier molecular flexibility index (Phi) is 3.72. The first-order valence-electron chi connectivity index (χ1n) is 3.29. The van der Waals surface area contributed by atoms with E-state index in [4.69, 9.17) is 34.8 Å². The Morgan fingerprint density at radius 2 is 1.75 bits per heavy atom. The summed E-state index contributed by atoms with van der Waals surface area (Å²) in [4.78, 5) is 0. The van der Waals surface area contributed by atoms with Gasteiger partial charge in [-0.3, -0.25) is 0 Å². The van der Waals surface area contributed by atoms with Crippen molar-refractivity contribution in [3.8, 4) is 0 Å². The van der Waals surface area contributed by atoms with E-state index < -0.39 is 3.79 Å². The average Bonchev–Trinajstić information content (AvgIpc) is 1.91. The quantitative estimate of drug-likeness (QED) is 0.673. The molecular weight excluding hydrogens is 282 g/mol. The van der Waals surface area contributed by atoms with Crippen molar-refractivity contribution in [2.75, 3.05) is 0 Å². The summed E-state index contributed by atoms with van der Waals surface area (Å²) in [5.74, 6) is 0. The highest BCUT2D eigenvalue weighted by Gasteiger charge is 2.20. The van der Waals surface area contributed by atoms with Crippen LogP contribution in [0.25, 0.3) is 0 Å². The van der Waals surface area contributed by atoms with Crippen molar-refractivity contribution in [3.63, 3.8) is 0 Å². The van der Waals surface area contributed by atoms with Crippen LogP contribution in [0.2, 0.25) is 0 Å². The highest BCUT2D eigenvalue weighted by atomic mass is 79.9. The summed E-state index contributed by atoms with van der Waals surface area (Å²) >= 11 is 20.3. The molecule has 0 fully saturated rings. The molecule has 1 aromatic rings. The largest absolute Gasteiger partial charge is 0.194 e. The third-order valence-corrected chi connectivity index (χ3v) is 2.52. The Balaban J connectivity index is 2.83. The lowest BCUT2D eigenvalue weighted by molar-refractivity contribution is 1.01. The molecule has 0 nitrogen and oxygen atoms in total. The van der Waals surface area contributed by atoms with Gasteiger partial charge in [-0.05, 0) is 11.6 Å². The standard InChI is InChI=1S/C8H6BrCl3/c9-7-4-2-1-3-6(7)5-8(10,11)12/h1-4H,5H2. The molecule has 1 rings (SSSR count). The summed E-state index contributed by atoms with van der Waals surface area (Å²) in [6.07, 6.45) is 0.416. The number of alkyl halides is 3. The number of hydrogen-bond donors (Lipinski definition) is 0. The minimum atomic E-state index is -1.22. The van der Waals surface area contributed by atoms with Crippen LogP contribution in [0.4, 0.5) is 0 Å². The van der Waals surface area contributed by atoms with Crippen LogP contribution in [0.5, 0.6) is 0 Å². The van der Waals surface area contributed by atoms with E-state index in [0.29, 0.717) is 6.42 Å². The Hall–Kier alpha value is 0.570. The van der Waals surface area contributed by atoms with E-state index in [-0.39, 0.29) is 0 Å². The fourth-order valence-corrected chi connectivity index (χ4v) is 1.71. The molecule has 0 aliphatic carbocycles. The van der Waals surface area contributed by atoms with E-state index in [0.717, 1.165) is 10.0 Å². The van der Waals surface area contributed by atoms with Crippen molar-refractivity contribution >= 4 is 50.7 Å². The van der Waals surface area contributed by atoms with Crippen LogP contribution in [0, 0.1) is 0 Å². The van der Waals surface area contributed by atoms with Gasteiger partial charge in [0.2, 0.25) is 0 Å². The molecule has 4 heteroatoms. The summed E-state index contributed by atoms with van der Waals surface area (Å²) in [5, 5.41) is 0. The molecule has 0 aliphatic heterocycles. The predicted molar refractivity (Wildman–Crippen MR) is 58.1 cm³/mol. The first kappa shape index (κ1) is 10.6. The van der Waals surface area contributed by atoms with Crippen LogP contribution in [-0.4, -0.2) is 3.79 Å². The van der Waals surface area contributed by atoms with Gasteiger partial charge in [0.1, 0.15) is 0 Å². The molecule has 0 spiro atoms. The molecular formula is C8H6BrCl3. The van der Waals surface area contributed by atoms with Gasteiger partial charge in [-0.15, -0.1) is 0 Å². The highest BCUT2D eigenvalue weighted by Crippen LogP contribution is 2.32. The number of benzene rings is 1. The van der Waals surface area contributed by atoms with E-state index in [1.807, 2.05) is 24.3 Å². The minimum absolute atomic E-state index is 0.416. The Bertz CT molecular complexity index is 267. The number of rotatable bonds is 1. The summed E-state index contributed by atoms with van der Waals surface area (Å²) in [6, 6.07) is 7.68. The maximum absolute atomic E-state index is 5.65. The summed E-state index contributed by atoms with van der Waals surface area (Å²) in [5.41, 5.74) is 0.998. The molecule has 0 aliphatic rings. The van der Waals surface area contributed by atoms with E-state index in [9.17, 15) is 0 Å². The maximum Gasteiger partial charge on any atom is 0.194 e. The van der Waals surface area contributed by atoms with Crippen molar-refractivity contribution in [2.45, 2.75) is 10.2 Å². The van der Waals surface area contributed by atoms with Gasteiger partial charge in [-0.25, -0.2) is 0 Å². The van der Waals surface area contributed by atoms with Crippen LogP contribution < -0.4 is 0 Å². The van der Waals surface area contributed by atoms with Gasteiger partial charge < -0.3 is 0 Å². The SMILES string of the molecule is ClC(Cl)(Cl)Cc1ccccc1Br. The van der Waals surface area contributed by atoms with Crippen molar-refractivity contribution in [3.05, 3.63) is 34.3 Å². The molecule has 0 bridgehead atoms. The second-order valence-electron chi connectivity index (χ2n) is 2.38. The van der Waals surface area contributed by atoms with Crippen molar-refractivity contribution in [2.24, 2.45) is 0 Å². The van der Waals surface area contributed by atoms with Crippen LogP contribution in [0.15, 0.2) is 28.7 Å². The van der Waals surface area contributed by atoms with E-state index in [1.165, 1.54) is 0 Å². The van der Waals surface area contributed by atoms with Gasteiger partial charge in [-0.1, -0.05) is 68.9 Å². The lowest BCUT2D eigenvalue weighted by Crippen LogP contribution is -2.06. The van der Waals surface area contributed by atoms with Gasteiger partial charge in [0.25, 0.3) is 0 Å². The summed E-state index contributed by atoms with van der Waals surface area (Å²) in [6.45, 7) is 0. The van der Waals surface area contributed by atoms with Gasteiger partial charge >= 0.3 is 0 Å². The Morgan fingerprint density at radius 1 is 1.17 bits per heavy atom. The summed E-state index contributed by atoms with van der Waals surface area (Å²) in [7, 11) is 0. The normalized spacial score (nSPS) is 11.7. The van der Waals surface area contributed by atoms with Crippen molar-refractivity contribution < 1.29 is 0 Å². The molecule has 1 aromatic carbocycles. The zero-order valence-corrected chi connectivity index (χ0v) is 9.88. The third kappa shape index (κ3) is 3.53. The zero-order valence-electron chi connectivity index (χ0n) is 6.03. The monoisotopic (exact) mass is 286 g/mol. The highest BCUT2D eigenvalue weighted by molar-refractivity contribution is 9.10. The van der Waals surface area contributed by atoms with Gasteiger partial charge in [0.05, 0.1) is 0 Å². The lowest BCUT2D eigenvalue weighted by atomic mass is 10.2. The minimum Gasteiger partial charge on any atom is -0.0833 e. The Morgan fingerprint density at radius 3 is 2.25 bits per heavy atom. The van der Waals surface area contributed by atoms with Crippen LogP contribution >= 0.6 is 50.7 Å². The first-order valence-corrected chi connectivity index (χ1v) is 5.22. The fourth-order valence-electron chi connectivity index (χ4n) is 0.858. The smallest absolute Gasteiger partial charge is 0.0833 e. The number of halogens is 4. The molecule has 0 N–H and O–H groups in total. The van der Waals surface area contributed by atoms with Crippen molar-refractivity contribution in [1.29, 1.82) is 0 Å². The summed E-state index contributed by atoms with van der Waals surface area (Å²) < 4.78 is -0.250. The molecule has 0 radical (unpaired) electrons. The molecule has 12 heavy (non-hydrogen) atoms. The van der Waals surface area contributed by atoms with Crippen molar-refractivity contribution in [1.82, 2.24) is 0 Å². The molecule has 0 heterocycles. The maximum atomic E-state index is 5.65. The van der Waals surface area contributed by atoms with Crippen LogP contribution in [-0.2, 0) is 6.42 Å². The molecule has 0 saturated carbocycles. The molecule has 66 valence electrons. The Labute approximate surface area is 94.9 Å². The van der Waals surface area contributed by atoms with Gasteiger partial charge in [0, 0.05) is 10.9 Å². The topological polar surface area (TPSA) is 0 Å². The second kappa shape index (κ2) is 4.19.